The molecule has 1 saturated carbocycles. The molecule has 0 aromatic rings. The molecule has 8 nitrogen and oxygen atoms in total. The lowest BCUT2D eigenvalue weighted by molar-refractivity contribution is -0.135. The molecule has 3 rings (SSSR count). The summed E-state index contributed by atoms with van der Waals surface area (Å²) in [6, 6.07) is 0. The molecule has 0 N–H and O–H groups in total. The third-order valence-corrected chi connectivity index (χ3v) is 27.1. The van der Waals surface area contributed by atoms with Gasteiger partial charge in [-0.25, -0.2) is 9.59 Å². The van der Waals surface area contributed by atoms with Crippen molar-refractivity contribution in [2.75, 3.05) is 19.5 Å². The Hall–Kier alpha value is -1.95. The largest absolute Gasteiger partial charge is 0.466 e. The number of ether oxygens (including phenoxy) is 2. The lowest BCUT2D eigenvalue weighted by atomic mass is 9.58. The van der Waals surface area contributed by atoms with Crippen LogP contribution in [0.2, 0.25) is 81.4 Å². The second kappa shape index (κ2) is 26.6. The summed E-state index contributed by atoms with van der Waals surface area (Å²) in [5.74, 6) is 0.580. The molecule has 64 heavy (non-hydrogen) atoms. The molecule has 0 amide bonds. The molecule has 1 radical (unpaired) electrons. The predicted octanol–water partition coefficient (Wildman–Crippen LogP) is 13.6. The van der Waals surface area contributed by atoms with E-state index in [4.69, 9.17) is 8.85 Å². The minimum Gasteiger partial charge on any atom is -0.466 e. The lowest BCUT2D eigenvalue weighted by Gasteiger charge is -2.37. The molecule has 2 unspecified atom stereocenters. The number of methoxy groups -OCH3 is 2. The number of rotatable bonds is 17. The SMILES string of the molecule is CC(C)(C)[Si](C)(C)OC1C=C(CBr)C(=O)C1.COC(=O)/C=C/C/C=C(/CC1=CC(O[Si](C)(C)C(C)(C)C)CC1=O)[Si](C)(C)C.COC(=O)/C=C/C/C=C(/[B]C1CCCCC1)[Si](C)(C)C. The van der Waals surface area contributed by atoms with Crippen molar-refractivity contribution in [3.05, 3.63) is 70.0 Å². The first kappa shape index (κ1) is 60.1. The summed E-state index contributed by atoms with van der Waals surface area (Å²) >= 11 is 3.33. The molecule has 3 aliphatic rings. The maximum absolute atomic E-state index is 12.6. The molecule has 0 aromatic carbocycles. The molecule has 0 aromatic heterocycles. The third kappa shape index (κ3) is 21.8. The molecule has 1 fully saturated rings. The summed E-state index contributed by atoms with van der Waals surface area (Å²) in [4.78, 5) is 46.5. The van der Waals surface area contributed by atoms with Gasteiger partial charge in [-0.15, -0.1) is 5.10 Å². The van der Waals surface area contributed by atoms with Crippen LogP contribution < -0.4 is 0 Å². The predicted molar refractivity (Wildman–Crippen MR) is 285 cm³/mol. The summed E-state index contributed by atoms with van der Waals surface area (Å²) in [5, 5.41) is 3.83. The Morgan fingerprint density at radius 3 is 1.47 bits per heavy atom. The van der Waals surface area contributed by atoms with Crippen LogP contribution in [-0.4, -0.2) is 95.3 Å². The van der Waals surface area contributed by atoms with E-state index < -0.39 is 32.8 Å². The number of carbonyl (C=O) groups is 4. The van der Waals surface area contributed by atoms with Crippen molar-refractivity contribution in [2.24, 2.45) is 0 Å². The first-order chi connectivity index (χ1) is 29.3. The van der Waals surface area contributed by atoms with Gasteiger partial charge in [0.25, 0.3) is 0 Å². The number of hydrogen-bond acceptors (Lipinski definition) is 8. The minimum atomic E-state index is -1.90. The number of hydrogen-bond donors (Lipinski definition) is 0. The van der Waals surface area contributed by atoms with E-state index in [1.807, 2.05) is 12.2 Å². The highest BCUT2D eigenvalue weighted by Gasteiger charge is 2.42. The Bertz CT molecular complexity index is 1740. The standard InChI is InChI=1S/C22H38O4Si2.C16H28BO2Si.C12H21BrO2Si/c1-22(2,3)28(8,9)26-18-14-17(20(23)16-18)15-19(27(5,6)7)12-10-11-13-21(24)25-4;1-19-16(18)13-9-8-12-15(20(2,3)4)17-14-10-6-5-7-11-14;1-12(2,3)16(4,5)15-10-6-9(8-13)11(14)7-10/h11-14,18H,10,15-16H2,1-9H3;9,12-14H,5-8,10-11H2,1-4H3;6,10H,7-8H2,1-5H3/b13-11+,19-12-;13-9+,15-12-;. The van der Waals surface area contributed by atoms with Gasteiger partial charge in [-0.3, -0.25) is 9.59 Å². The molecular weight excluding hydrogens is 932 g/mol. The second-order valence-electron chi connectivity index (χ2n) is 22.6. The Morgan fingerprint density at radius 1 is 0.672 bits per heavy atom. The van der Waals surface area contributed by atoms with Crippen LogP contribution in [0.3, 0.4) is 0 Å². The highest BCUT2D eigenvalue weighted by Crippen LogP contribution is 2.40. The first-order valence-corrected chi connectivity index (χ1v) is 37.3. The van der Waals surface area contributed by atoms with Crippen molar-refractivity contribution in [2.45, 2.75) is 199 Å². The van der Waals surface area contributed by atoms with E-state index in [9.17, 15) is 19.2 Å². The number of alkyl halides is 1. The summed E-state index contributed by atoms with van der Waals surface area (Å²) in [6.07, 6.45) is 25.1. The smallest absolute Gasteiger partial charge is 0.330 e. The number of Topliss-reactive ketones (excluding diaryl/α,β-unsaturated/α-hetero) is 2. The van der Waals surface area contributed by atoms with Crippen LogP contribution in [0.4, 0.5) is 0 Å². The number of ketones is 2. The summed E-state index contributed by atoms with van der Waals surface area (Å²) in [5.41, 5.74) is 1.75. The molecule has 2 atom stereocenters. The van der Waals surface area contributed by atoms with E-state index in [0.29, 0.717) is 31.0 Å². The van der Waals surface area contributed by atoms with E-state index in [2.05, 4.69) is 158 Å². The van der Waals surface area contributed by atoms with Gasteiger partial charge in [-0.05, 0) is 73.3 Å². The van der Waals surface area contributed by atoms with E-state index in [1.165, 1.54) is 63.7 Å². The van der Waals surface area contributed by atoms with Crippen LogP contribution in [-0.2, 0) is 37.5 Å². The van der Waals surface area contributed by atoms with Crippen molar-refractivity contribution in [3.63, 3.8) is 0 Å². The summed E-state index contributed by atoms with van der Waals surface area (Å²) < 4.78 is 21.8. The number of carbonyl (C=O) groups excluding carboxylic acids is 4. The average Bonchev–Trinajstić information content (AvgIpc) is 3.70. The Kier molecular flexibility index (Phi) is 24.9. The maximum Gasteiger partial charge on any atom is 0.330 e. The molecule has 0 aliphatic heterocycles. The Morgan fingerprint density at radius 2 is 1.09 bits per heavy atom. The highest BCUT2D eigenvalue weighted by molar-refractivity contribution is 9.09. The van der Waals surface area contributed by atoms with Crippen molar-refractivity contribution in [1.82, 2.24) is 0 Å². The Labute approximate surface area is 403 Å². The normalized spacial score (nSPS) is 19.8. The third-order valence-electron chi connectivity index (χ3n) is 13.1. The second-order valence-corrected chi connectivity index (χ2v) is 42.9. The fourth-order valence-corrected chi connectivity index (χ4v) is 12.8. The molecular formula is C50H87BBrO8Si4. The van der Waals surface area contributed by atoms with Gasteiger partial charge in [0, 0.05) is 35.9 Å². The van der Waals surface area contributed by atoms with Crippen molar-refractivity contribution >= 4 is 79.5 Å². The quantitative estimate of drug-likeness (QED) is 0.0614. The molecule has 0 bridgehead atoms. The van der Waals surface area contributed by atoms with Gasteiger partial charge >= 0.3 is 11.9 Å². The molecule has 3 aliphatic carbocycles. The van der Waals surface area contributed by atoms with Gasteiger partial charge in [-0.1, -0.05) is 164 Å². The minimum absolute atomic E-state index is 0.000872. The molecule has 361 valence electrons. The summed E-state index contributed by atoms with van der Waals surface area (Å²) in [6.45, 7) is 36.2. The van der Waals surface area contributed by atoms with Gasteiger partial charge in [0.1, 0.15) is 7.28 Å². The van der Waals surface area contributed by atoms with Crippen LogP contribution in [0.15, 0.2) is 70.0 Å². The number of esters is 2. The molecule has 0 saturated heterocycles. The molecule has 0 spiro atoms. The number of halogens is 1. The van der Waals surface area contributed by atoms with Gasteiger partial charge in [-0.2, -0.15) is 0 Å². The van der Waals surface area contributed by atoms with E-state index in [-0.39, 0.29) is 45.8 Å². The van der Waals surface area contributed by atoms with E-state index in [0.717, 1.165) is 23.4 Å². The van der Waals surface area contributed by atoms with E-state index in [1.54, 1.807) is 11.2 Å². The van der Waals surface area contributed by atoms with Crippen molar-refractivity contribution in [1.29, 1.82) is 0 Å². The van der Waals surface area contributed by atoms with Gasteiger partial charge < -0.3 is 18.3 Å². The van der Waals surface area contributed by atoms with Crippen molar-refractivity contribution < 1.29 is 37.5 Å². The lowest BCUT2D eigenvalue weighted by Crippen LogP contribution is -2.43. The monoisotopic (exact) mass is 1020 g/mol. The zero-order chi connectivity index (χ0) is 49.3. The van der Waals surface area contributed by atoms with Crippen LogP contribution in [0.1, 0.15) is 106 Å². The molecule has 14 heteroatoms. The summed E-state index contributed by atoms with van der Waals surface area (Å²) in [7, 11) is -1.23. The van der Waals surface area contributed by atoms with Crippen LogP contribution in [0.5, 0.6) is 0 Å². The zero-order valence-electron chi connectivity index (χ0n) is 43.4. The van der Waals surface area contributed by atoms with E-state index >= 15 is 0 Å². The number of allylic oxidation sites excluding steroid dienone is 7. The fourth-order valence-electron chi connectivity index (χ4n) is 6.82. The highest BCUT2D eigenvalue weighted by atomic mass is 79.9. The fraction of sp³-hybridized carbons (Fsp3) is 0.680. The average molecular weight is 1020 g/mol. The van der Waals surface area contributed by atoms with Crippen LogP contribution >= 0.6 is 15.9 Å². The van der Waals surface area contributed by atoms with Crippen LogP contribution in [0.25, 0.3) is 0 Å². The van der Waals surface area contributed by atoms with Crippen LogP contribution in [0, 0.1) is 0 Å². The van der Waals surface area contributed by atoms with Crippen molar-refractivity contribution in [3.8, 4) is 0 Å². The molecule has 0 heterocycles. The topological polar surface area (TPSA) is 105 Å². The first-order valence-electron chi connectivity index (χ1n) is 23.4. The van der Waals surface area contributed by atoms with Gasteiger partial charge in [0.05, 0.1) is 42.6 Å². The zero-order valence-corrected chi connectivity index (χ0v) is 48.9. The maximum atomic E-state index is 12.6. The van der Waals surface area contributed by atoms with Gasteiger partial charge in [0.15, 0.2) is 28.2 Å². The Balaban J connectivity index is 0.000000501. The van der Waals surface area contributed by atoms with Gasteiger partial charge in [0.2, 0.25) is 0 Å².